The Morgan fingerprint density at radius 3 is 1.95 bits per heavy atom. The summed E-state index contributed by atoms with van der Waals surface area (Å²) >= 11 is 8.85. The number of thiazole rings is 2. The van der Waals surface area contributed by atoms with Crippen LogP contribution in [-0.2, 0) is 39.3 Å². The minimum Gasteiger partial charge on any atom is -0.497 e. The molecule has 0 atom stereocenters. The number of methoxy groups -OCH3 is 3. The van der Waals surface area contributed by atoms with Gasteiger partial charge in [-0.15, -0.1) is 22.7 Å². The number of anilines is 2. The van der Waals surface area contributed by atoms with Gasteiger partial charge in [0, 0.05) is 57.3 Å². The van der Waals surface area contributed by atoms with Crippen LogP contribution in [0.3, 0.4) is 0 Å². The van der Waals surface area contributed by atoms with E-state index in [1.54, 1.807) is 85.9 Å². The van der Waals surface area contributed by atoms with Crippen molar-refractivity contribution in [2.24, 2.45) is 0 Å². The van der Waals surface area contributed by atoms with E-state index in [0.29, 0.717) is 60.3 Å². The van der Waals surface area contributed by atoms with Gasteiger partial charge in [-0.1, -0.05) is 66.2 Å². The SMILES string of the molecule is COc1cc(C)ccc1B(O)O.COc1ccc(CN(c2nccs2)S(=O)(=O)c2ccc3c(Cl)cn(Cc4ccc(OC)cc4)c(=O)c3c2)cc1.Cc1cc(C(F)(F)F)ccc1-c1c[nH]c(=O)c2cc(S(=O)(=O)Nc3nccs3)ccc12. The highest BCUT2D eigenvalue weighted by Crippen LogP contribution is 2.36. The van der Waals surface area contributed by atoms with Crippen molar-refractivity contribution in [2.75, 3.05) is 30.4 Å². The summed E-state index contributed by atoms with van der Waals surface area (Å²) in [7, 11) is -4.89. The average Bonchev–Trinajstić information content (AvgIpc) is 4.27. The minimum atomic E-state index is -4.47. The lowest BCUT2D eigenvalue weighted by Crippen LogP contribution is -2.31. The zero-order valence-electron chi connectivity index (χ0n) is 44.0. The molecule has 26 heteroatoms. The number of alkyl halides is 3. The Morgan fingerprint density at radius 1 is 0.720 bits per heavy atom. The Morgan fingerprint density at radius 2 is 1.35 bits per heavy atom. The molecule has 4 heterocycles. The normalized spacial score (nSPS) is 11.5. The van der Waals surface area contributed by atoms with Crippen molar-refractivity contribution in [3.63, 3.8) is 0 Å². The predicted molar refractivity (Wildman–Crippen MR) is 314 cm³/mol. The molecular formula is C56H49BClF3N6O11S4. The van der Waals surface area contributed by atoms with Crippen molar-refractivity contribution in [3.8, 4) is 28.4 Å². The van der Waals surface area contributed by atoms with Crippen LogP contribution in [0.25, 0.3) is 32.7 Å². The third-order valence-corrected chi connectivity index (χ3v) is 17.7. The van der Waals surface area contributed by atoms with Crippen LogP contribution >= 0.6 is 34.3 Å². The number of hydrogen-bond donors (Lipinski definition) is 4. The van der Waals surface area contributed by atoms with Crippen LogP contribution in [0, 0.1) is 13.8 Å². The first kappa shape index (κ1) is 60.1. The standard InChI is InChI=1S/C28H24ClN3O5S2.C20H14F3N3O3S2.C8H11BO3/c1-36-21-7-3-19(4-8-21)16-31-18-26(29)24-12-11-23(15-25(24)27(31)33)39(34,35)32(28-30-13-14-38-28)17-20-5-9-22(37-2)10-6-20;1-11-8-12(20(21,22)23)2-4-14(11)17-10-25-18(27)16-9-13(3-5-15(16)17)31(28,29)26-19-24-6-7-30-19;1-6-3-4-7(9(10)11)8(5-6)12-2/h3-15,18H,16-17H2,1-2H3;2-10H,1H3,(H,24,26)(H,25,27);3-5,10-11H,1-2H3. The lowest BCUT2D eigenvalue weighted by Gasteiger charge is -2.22. The fraction of sp³-hybridized carbons (Fsp3) is 0.143. The number of sulfonamides is 2. The predicted octanol–water partition coefficient (Wildman–Crippen LogP) is 10.0. The highest BCUT2D eigenvalue weighted by Gasteiger charge is 2.31. The number of ether oxygens (including phenoxy) is 3. The molecule has 0 radical (unpaired) electrons. The molecule has 10 rings (SSSR count). The first-order valence-corrected chi connectivity index (χ1v) is 29.3. The molecule has 82 heavy (non-hydrogen) atoms. The molecule has 0 saturated carbocycles. The van der Waals surface area contributed by atoms with Gasteiger partial charge in [0.05, 0.1) is 60.2 Å². The van der Waals surface area contributed by atoms with Crippen LogP contribution in [-0.4, -0.2) is 74.9 Å². The summed E-state index contributed by atoms with van der Waals surface area (Å²) in [6.45, 7) is 3.77. The van der Waals surface area contributed by atoms with Gasteiger partial charge in [-0.05, 0) is 114 Å². The van der Waals surface area contributed by atoms with Crippen molar-refractivity contribution >= 4 is 98.7 Å². The number of hydrogen-bond acceptors (Lipinski definition) is 15. The van der Waals surface area contributed by atoms with Crippen LogP contribution in [0.2, 0.25) is 5.02 Å². The van der Waals surface area contributed by atoms with E-state index in [1.807, 2.05) is 31.2 Å². The Hall–Kier alpha value is -8.04. The van der Waals surface area contributed by atoms with E-state index >= 15 is 0 Å². The number of aromatic nitrogens is 4. The van der Waals surface area contributed by atoms with Crippen LogP contribution in [0.5, 0.6) is 17.2 Å². The maximum absolute atomic E-state index is 13.9. The lowest BCUT2D eigenvalue weighted by molar-refractivity contribution is -0.137. The lowest BCUT2D eigenvalue weighted by atomic mass is 9.79. The zero-order chi connectivity index (χ0) is 59.1. The molecule has 0 aliphatic rings. The van der Waals surface area contributed by atoms with E-state index < -0.39 is 44.5 Å². The summed E-state index contributed by atoms with van der Waals surface area (Å²) in [6, 6.07) is 31.4. The monoisotopic (exact) mass is 1210 g/mol. The number of rotatable bonds is 15. The van der Waals surface area contributed by atoms with Crippen LogP contribution in [0.15, 0.2) is 176 Å². The molecule has 0 spiro atoms. The molecule has 0 bridgehead atoms. The third-order valence-electron chi connectivity index (χ3n) is 12.6. The fourth-order valence-corrected chi connectivity index (χ4v) is 12.8. The van der Waals surface area contributed by atoms with Gasteiger partial charge in [0.2, 0.25) is 0 Å². The molecule has 0 fully saturated rings. The summed E-state index contributed by atoms with van der Waals surface area (Å²) < 4.78 is 113. The summed E-state index contributed by atoms with van der Waals surface area (Å²) in [5, 5.41) is 23.2. The molecule has 0 unspecified atom stereocenters. The van der Waals surface area contributed by atoms with E-state index in [2.05, 4.69) is 19.7 Å². The number of nitrogens with zero attached hydrogens (tertiary/aromatic N) is 4. The smallest absolute Gasteiger partial charge is 0.492 e. The zero-order valence-corrected chi connectivity index (χ0v) is 48.0. The molecule has 4 aromatic heterocycles. The van der Waals surface area contributed by atoms with Gasteiger partial charge >= 0.3 is 13.3 Å². The Kier molecular flexibility index (Phi) is 18.6. The van der Waals surface area contributed by atoms with Crippen molar-refractivity contribution in [3.05, 3.63) is 210 Å². The second-order valence-corrected chi connectivity index (χ2v) is 23.7. The van der Waals surface area contributed by atoms with E-state index in [0.717, 1.165) is 40.2 Å². The van der Waals surface area contributed by atoms with Gasteiger partial charge in [-0.25, -0.2) is 31.1 Å². The van der Waals surface area contributed by atoms with Gasteiger partial charge in [-0.3, -0.25) is 14.3 Å². The number of nitrogens with one attached hydrogen (secondary N) is 2. The molecule has 0 aliphatic carbocycles. The van der Waals surface area contributed by atoms with E-state index in [-0.39, 0.29) is 44.3 Å². The van der Waals surface area contributed by atoms with Crippen molar-refractivity contribution in [1.82, 2.24) is 19.5 Å². The quantitative estimate of drug-likeness (QED) is 0.0701. The molecule has 0 saturated heterocycles. The molecule has 6 aromatic carbocycles. The van der Waals surface area contributed by atoms with E-state index in [9.17, 15) is 39.6 Å². The first-order valence-electron chi connectivity index (χ1n) is 24.3. The van der Waals surface area contributed by atoms with E-state index in [4.69, 9.17) is 35.9 Å². The molecule has 10 aromatic rings. The van der Waals surface area contributed by atoms with Crippen LogP contribution in [0.1, 0.15) is 27.8 Å². The Bertz CT molecular complexity index is 4250. The molecule has 0 aliphatic heterocycles. The summed E-state index contributed by atoms with van der Waals surface area (Å²) in [6.07, 6.45) is 1.50. The summed E-state index contributed by atoms with van der Waals surface area (Å²) in [4.78, 5) is 36.4. The first-order chi connectivity index (χ1) is 39.0. The Balaban J connectivity index is 0.000000182. The molecule has 424 valence electrons. The Labute approximate surface area is 481 Å². The molecule has 0 amide bonds. The van der Waals surface area contributed by atoms with Crippen molar-refractivity contribution in [1.29, 1.82) is 0 Å². The van der Waals surface area contributed by atoms with Crippen molar-refractivity contribution in [2.45, 2.75) is 42.9 Å². The second-order valence-electron chi connectivity index (χ2n) is 18.0. The van der Waals surface area contributed by atoms with Crippen LogP contribution in [0.4, 0.5) is 23.4 Å². The number of aromatic amines is 1. The summed E-state index contributed by atoms with van der Waals surface area (Å²) in [5.41, 5.74) is 2.73. The van der Waals surface area contributed by atoms with Crippen LogP contribution < -0.4 is 39.8 Å². The summed E-state index contributed by atoms with van der Waals surface area (Å²) in [5.74, 6) is 1.88. The maximum Gasteiger partial charge on any atom is 0.492 e. The maximum atomic E-state index is 13.9. The van der Waals surface area contributed by atoms with Gasteiger partial charge in [-0.2, -0.15) is 13.2 Å². The largest absolute Gasteiger partial charge is 0.497 e. The minimum absolute atomic E-state index is 0.0333. The molecular weight excluding hydrogens is 1160 g/mol. The molecule has 17 nitrogen and oxygen atoms in total. The topological polar surface area (TPSA) is 232 Å². The second kappa shape index (κ2) is 25.4. The third kappa shape index (κ3) is 13.8. The number of halogens is 4. The van der Waals surface area contributed by atoms with Gasteiger partial charge < -0.3 is 33.8 Å². The van der Waals surface area contributed by atoms with E-state index in [1.165, 1.54) is 83.0 Å². The highest BCUT2D eigenvalue weighted by atomic mass is 35.5. The van der Waals surface area contributed by atoms with Gasteiger partial charge in [0.25, 0.3) is 31.2 Å². The number of pyridine rings is 2. The number of H-pyrrole nitrogens is 1. The van der Waals surface area contributed by atoms with Gasteiger partial charge in [0.1, 0.15) is 17.2 Å². The number of benzene rings is 6. The van der Waals surface area contributed by atoms with Gasteiger partial charge in [0.15, 0.2) is 10.3 Å². The fourth-order valence-electron chi connectivity index (χ4n) is 8.40. The number of aryl methyl sites for hydroxylation is 2. The number of fused-ring (bicyclic) bond motifs is 2. The van der Waals surface area contributed by atoms with Crippen molar-refractivity contribution < 1.29 is 54.3 Å². The average molecular weight is 1210 g/mol. The molecule has 4 N–H and O–H groups in total. The highest BCUT2D eigenvalue weighted by molar-refractivity contribution is 7.93.